The van der Waals surface area contributed by atoms with Crippen molar-refractivity contribution >= 4 is 29.4 Å². The van der Waals surface area contributed by atoms with Gasteiger partial charge in [-0.3, -0.25) is 15.0 Å². The van der Waals surface area contributed by atoms with E-state index < -0.39 is 18.1 Å². The summed E-state index contributed by atoms with van der Waals surface area (Å²) in [5, 5.41) is 3.15. The molecule has 4 atom stereocenters. The Hall–Kier alpha value is -1.79. The van der Waals surface area contributed by atoms with Crippen LogP contribution in [0.2, 0.25) is 5.02 Å². The van der Waals surface area contributed by atoms with Gasteiger partial charge >= 0.3 is 12.1 Å². The molecule has 1 amide bonds. The molecule has 6 nitrogen and oxygen atoms in total. The Morgan fingerprint density at radius 2 is 2.08 bits per heavy atom. The number of ether oxygens (including phenoxy) is 2. The van der Waals surface area contributed by atoms with Gasteiger partial charge in [-0.15, -0.1) is 0 Å². The van der Waals surface area contributed by atoms with E-state index in [-0.39, 0.29) is 12.0 Å². The van der Waals surface area contributed by atoms with Gasteiger partial charge in [0.15, 0.2) is 0 Å². The Morgan fingerprint density at radius 1 is 1.32 bits per heavy atom. The highest BCUT2D eigenvalue weighted by molar-refractivity contribution is 6.33. The van der Waals surface area contributed by atoms with Crippen LogP contribution in [0.5, 0.6) is 0 Å². The zero-order chi connectivity index (χ0) is 18.1. The average molecular weight is 367 g/mol. The number of aryl methyl sites for hydroxylation is 1. The summed E-state index contributed by atoms with van der Waals surface area (Å²) < 4.78 is 10.6. The Bertz CT molecular complexity index is 661. The minimum Gasteiger partial charge on any atom is -0.469 e. The van der Waals surface area contributed by atoms with Crippen molar-refractivity contribution in [1.82, 2.24) is 4.90 Å². The van der Waals surface area contributed by atoms with E-state index in [2.05, 4.69) is 10.2 Å². The first-order valence-corrected chi connectivity index (χ1v) is 8.82. The molecule has 7 heteroatoms. The molecule has 2 saturated heterocycles. The van der Waals surface area contributed by atoms with Crippen molar-refractivity contribution in [2.24, 2.45) is 5.92 Å². The molecule has 0 aromatic heterocycles. The minimum atomic E-state index is -0.598. The van der Waals surface area contributed by atoms with Crippen LogP contribution in [0.25, 0.3) is 0 Å². The van der Waals surface area contributed by atoms with Gasteiger partial charge in [0, 0.05) is 18.5 Å². The summed E-state index contributed by atoms with van der Waals surface area (Å²) in [5.41, 5.74) is 1.37. The van der Waals surface area contributed by atoms with Gasteiger partial charge in [0.1, 0.15) is 12.0 Å². The third kappa shape index (κ3) is 3.46. The molecule has 1 aromatic carbocycles. The van der Waals surface area contributed by atoms with Gasteiger partial charge in [-0.2, -0.15) is 0 Å². The number of hydrogen-bond donors (Lipinski definition) is 1. The summed E-state index contributed by atoms with van der Waals surface area (Å²) in [7, 11) is 3.38. The van der Waals surface area contributed by atoms with Gasteiger partial charge < -0.3 is 9.47 Å². The molecule has 136 valence electrons. The molecule has 1 N–H and O–H groups in total. The molecule has 0 saturated carbocycles. The summed E-state index contributed by atoms with van der Waals surface area (Å²) in [6.07, 6.45) is 1.44. The van der Waals surface area contributed by atoms with Crippen LogP contribution in [0.15, 0.2) is 18.2 Å². The molecule has 0 radical (unpaired) electrons. The lowest BCUT2D eigenvalue weighted by Gasteiger charge is -2.40. The average Bonchev–Trinajstić information content (AvgIpc) is 2.81. The van der Waals surface area contributed by atoms with E-state index in [4.69, 9.17) is 21.1 Å². The normalized spacial score (nSPS) is 28.5. The van der Waals surface area contributed by atoms with Gasteiger partial charge in [-0.05, 0) is 38.4 Å². The van der Waals surface area contributed by atoms with E-state index >= 15 is 0 Å². The van der Waals surface area contributed by atoms with E-state index in [1.807, 2.05) is 26.1 Å². The molecule has 3 rings (SSSR count). The zero-order valence-corrected chi connectivity index (χ0v) is 15.4. The predicted molar refractivity (Wildman–Crippen MR) is 94.8 cm³/mol. The number of benzene rings is 1. The van der Waals surface area contributed by atoms with Crippen molar-refractivity contribution in [2.75, 3.05) is 19.5 Å². The number of hydrogen-bond acceptors (Lipinski definition) is 5. The largest absolute Gasteiger partial charge is 0.469 e. The standard InChI is InChI=1S/C18H23ClN2O4/c1-10-5-4-6-12(19)16(10)20-18(23)25-14-9-11-7-8-13(21(11)2)15(14)17(22)24-3/h4-6,11,13-15H,7-9H2,1-3H3,(H,20,23)/t11-,13+,14-,15-/m0/s1. The smallest absolute Gasteiger partial charge is 0.411 e. The molecule has 2 heterocycles. The molecular formula is C18H23ClN2O4. The van der Waals surface area contributed by atoms with E-state index in [9.17, 15) is 9.59 Å². The number of nitrogens with zero attached hydrogens (tertiary/aromatic N) is 1. The third-order valence-electron chi connectivity index (χ3n) is 5.39. The summed E-state index contributed by atoms with van der Waals surface area (Å²) in [5.74, 6) is -0.796. The first-order chi connectivity index (χ1) is 11.9. The fourth-order valence-corrected chi connectivity index (χ4v) is 4.32. The molecule has 0 aliphatic carbocycles. The highest BCUT2D eigenvalue weighted by Gasteiger charge is 2.51. The van der Waals surface area contributed by atoms with Crippen LogP contribution in [-0.4, -0.2) is 49.3 Å². The van der Waals surface area contributed by atoms with Crippen molar-refractivity contribution in [2.45, 2.75) is 44.4 Å². The number of para-hydroxylation sites is 1. The van der Waals surface area contributed by atoms with E-state index in [0.717, 1.165) is 18.4 Å². The zero-order valence-electron chi connectivity index (χ0n) is 14.6. The lowest BCUT2D eigenvalue weighted by atomic mass is 9.87. The summed E-state index contributed by atoms with van der Waals surface area (Å²) in [4.78, 5) is 26.9. The molecule has 25 heavy (non-hydrogen) atoms. The Balaban J connectivity index is 1.74. The fourth-order valence-electron chi connectivity index (χ4n) is 4.05. The molecule has 2 aliphatic rings. The maximum Gasteiger partial charge on any atom is 0.411 e. The van der Waals surface area contributed by atoms with E-state index in [1.54, 1.807) is 6.07 Å². The number of esters is 1. The topological polar surface area (TPSA) is 67.9 Å². The number of piperidine rings is 1. The SMILES string of the molecule is COC(=O)[C@@H]1[C@@H](OC(=O)Nc2c(C)cccc2Cl)C[C@@H]2CC[C@H]1N2C. The van der Waals surface area contributed by atoms with E-state index in [1.165, 1.54) is 7.11 Å². The Labute approximate surface area is 152 Å². The first kappa shape index (κ1) is 18.0. The number of fused-ring (bicyclic) bond motifs is 2. The Kier molecular flexibility index (Phi) is 5.20. The third-order valence-corrected chi connectivity index (χ3v) is 5.71. The van der Waals surface area contributed by atoms with Gasteiger partial charge in [-0.25, -0.2) is 4.79 Å². The maximum absolute atomic E-state index is 12.4. The molecule has 2 fully saturated rings. The van der Waals surface area contributed by atoms with Gasteiger partial charge in [0.25, 0.3) is 0 Å². The molecule has 0 unspecified atom stereocenters. The lowest BCUT2D eigenvalue weighted by molar-refractivity contribution is -0.155. The number of rotatable bonds is 3. The number of carbonyl (C=O) groups is 2. The second-order valence-electron chi connectivity index (χ2n) is 6.75. The van der Waals surface area contributed by atoms with Gasteiger partial charge in [0.2, 0.25) is 0 Å². The molecule has 2 aliphatic heterocycles. The quantitative estimate of drug-likeness (QED) is 0.832. The second kappa shape index (κ2) is 7.22. The molecule has 1 aromatic rings. The van der Waals surface area contributed by atoms with Crippen LogP contribution < -0.4 is 5.32 Å². The highest BCUT2D eigenvalue weighted by atomic mass is 35.5. The van der Waals surface area contributed by atoms with Gasteiger partial charge in [-0.1, -0.05) is 23.7 Å². The van der Waals surface area contributed by atoms with Crippen LogP contribution in [0.1, 0.15) is 24.8 Å². The highest BCUT2D eigenvalue weighted by Crippen LogP contribution is 2.40. The van der Waals surface area contributed by atoms with Crippen molar-refractivity contribution in [3.63, 3.8) is 0 Å². The molecule has 2 bridgehead atoms. The monoisotopic (exact) mass is 366 g/mol. The van der Waals surface area contributed by atoms with E-state index in [0.29, 0.717) is 23.2 Å². The maximum atomic E-state index is 12.4. The van der Waals surface area contributed by atoms with Crippen molar-refractivity contribution in [1.29, 1.82) is 0 Å². The fraction of sp³-hybridized carbons (Fsp3) is 0.556. The van der Waals surface area contributed by atoms with Crippen molar-refractivity contribution in [3.8, 4) is 0 Å². The Morgan fingerprint density at radius 3 is 2.76 bits per heavy atom. The summed E-state index contributed by atoms with van der Waals surface area (Å²) in [6, 6.07) is 5.75. The van der Waals surface area contributed by atoms with Gasteiger partial charge in [0.05, 0.1) is 17.8 Å². The molecular weight excluding hydrogens is 344 g/mol. The second-order valence-corrected chi connectivity index (χ2v) is 7.16. The van der Waals surface area contributed by atoms with Crippen LogP contribution in [0.3, 0.4) is 0 Å². The number of halogens is 1. The predicted octanol–water partition coefficient (Wildman–Crippen LogP) is 3.22. The summed E-state index contributed by atoms with van der Waals surface area (Å²) >= 11 is 6.14. The van der Waals surface area contributed by atoms with Crippen LogP contribution in [0, 0.1) is 12.8 Å². The van der Waals surface area contributed by atoms with Crippen molar-refractivity contribution in [3.05, 3.63) is 28.8 Å². The van der Waals surface area contributed by atoms with Crippen molar-refractivity contribution < 1.29 is 19.1 Å². The van der Waals surface area contributed by atoms with Crippen LogP contribution in [0.4, 0.5) is 10.5 Å². The number of nitrogens with one attached hydrogen (secondary N) is 1. The number of amides is 1. The van der Waals surface area contributed by atoms with Crippen LogP contribution in [-0.2, 0) is 14.3 Å². The summed E-state index contributed by atoms with van der Waals surface area (Å²) in [6.45, 7) is 1.86. The lowest BCUT2D eigenvalue weighted by Crippen LogP contribution is -2.53. The number of anilines is 1. The number of carbonyl (C=O) groups excluding carboxylic acids is 2. The first-order valence-electron chi connectivity index (χ1n) is 8.45. The number of methoxy groups -OCH3 is 1. The minimum absolute atomic E-state index is 0.0473. The van der Waals surface area contributed by atoms with Crippen LogP contribution >= 0.6 is 11.6 Å². The molecule has 0 spiro atoms.